The highest BCUT2D eigenvalue weighted by Gasteiger charge is 2.25. The molecule has 4 rings (SSSR count). The summed E-state index contributed by atoms with van der Waals surface area (Å²) < 4.78 is 6.38. The van der Waals surface area contributed by atoms with Crippen molar-refractivity contribution in [1.82, 2.24) is 14.9 Å². The molecule has 2 aliphatic rings. The second-order valence-electron chi connectivity index (χ2n) is 11.9. The first-order chi connectivity index (χ1) is 22.7. The molecule has 254 valence electrons. The Morgan fingerprint density at radius 3 is 2.60 bits per heavy atom. The van der Waals surface area contributed by atoms with Gasteiger partial charge < -0.3 is 25.0 Å². The van der Waals surface area contributed by atoms with E-state index in [0.717, 1.165) is 71.9 Å². The third-order valence-corrected chi connectivity index (χ3v) is 8.60. The van der Waals surface area contributed by atoms with Gasteiger partial charge in [-0.25, -0.2) is 9.98 Å². The third kappa shape index (κ3) is 9.60. The lowest BCUT2D eigenvalue weighted by Gasteiger charge is -2.28. The number of aliphatic imine (C=N–C) groups is 1. The highest BCUT2D eigenvalue weighted by atomic mass is 16.5. The Labute approximate surface area is 282 Å². The van der Waals surface area contributed by atoms with Crippen LogP contribution in [0.1, 0.15) is 106 Å². The second-order valence-corrected chi connectivity index (χ2v) is 11.9. The number of hydrogen-bond donors (Lipinski definition) is 3. The number of H-pyrrole nitrogens is 1. The number of Topliss-reactive ketones (excluding diaryl/α,β-unsaturated/α-hetero) is 1. The molecule has 1 aliphatic carbocycles. The Kier molecular flexibility index (Phi) is 14.3. The fraction of sp³-hybridized carbons (Fsp3) is 0.462. The lowest BCUT2D eigenvalue weighted by Crippen LogP contribution is -2.28. The molecule has 0 bridgehead atoms. The van der Waals surface area contributed by atoms with E-state index in [2.05, 4.69) is 52.2 Å². The van der Waals surface area contributed by atoms with Gasteiger partial charge in [-0.05, 0) is 68.4 Å². The number of ketones is 1. The maximum Gasteiger partial charge on any atom is 0.196 e. The van der Waals surface area contributed by atoms with Crippen LogP contribution in [0.4, 0.5) is 5.82 Å². The summed E-state index contributed by atoms with van der Waals surface area (Å²) in [5.41, 5.74) is 5.59. The van der Waals surface area contributed by atoms with Gasteiger partial charge in [-0.15, -0.1) is 0 Å². The van der Waals surface area contributed by atoms with Crippen molar-refractivity contribution < 1.29 is 14.6 Å². The van der Waals surface area contributed by atoms with Gasteiger partial charge in [-0.3, -0.25) is 4.79 Å². The molecule has 1 fully saturated rings. The van der Waals surface area contributed by atoms with Gasteiger partial charge in [0.1, 0.15) is 5.82 Å². The van der Waals surface area contributed by atoms with Crippen molar-refractivity contribution in [2.24, 2.45) is 10.9 Å². The van der Waals surface area contributed by atoms with Crippen LogP contribution in [0.25, 0.3) is 16.7 Å². The Balaban J connectivity index is 0.00000294. The van der Waals surface area contributed by atoms with Crippen molar-refractivity contribution in [3.8, 4) is 22.6 Å². The van der Waals surface area contributed by atoms with Crippen molar-refractivity contribution in [2.45, 2.75) is 99.8 Å². The molecule has 3 N–H and O–H groups in total. The van der Waals surface area contributed by atoms with Crippen molar-refractivity contribution in [2.75, 3.05) is 18.4 Å². The first kappa shape index (κ1) is 37.1. The zero-order chi connectivity index (χ0) is 34.5. The van der Waals surface area contributed by atoms with Crippen molar-refractivity contribution in [3.05, 3.63) is 78.4 Å². The maximum absolute atomic E-state index is 12.8. The predicted octanol–water partition coefficient (Wildman–Crippen LogP) is 9.95. The van der Waals surface area contributed by atoms with Crippen LogP contribution in [0, 0.1) is 5.92 Å². The molecule has 0 amide bonds. The molecule has 0 radical (unpaired) electrons. The standard InChI is InChI=1S/C37H49N5O3.C2H6/c1-8-12-17-42(11-4)34-18-24(5)35-36(45-34)31(23-38-35)30-21-33(44)37(39-22-30)41-26(7)40-25(6)28(9-2)20-29(32(43)10-3)19-27-15-13-14-16-27;1-2/h9,18,20-23,27,38,44H,5,7-8,10-17,19H2,1-4,6H3,(H,39,41);1-2H3/b28-9-,29-20+,40-25-;. The molecule has 2 aromatic heterocycles. The van der Waals surface area contributed by atoms with Gasteiger partial charge in [0.05, 0.1) is 5.69 Å². The van der Waals surface area contributed by atoms with E-state index in [1.807, 2.05) is 59.0 Å². The fourth-order valence-electron chi connectivity index (χ4n) is 5.97. The number of fused-ring (bicyclic) bond motifs is 1. The number of allylic oxidation sites excluding steroid dienone is 6. The molecule has 0 unspecified atom stereocenters. The van der Waals surface area contributed by atoms with E-state index in [-0.39, 0.29) is 17.4 Å². The SMILES string of the molecule is C=C(\N=C(C)/C(=C\C)/C=C(\CC1CCCC1)C(=O)CC)Nc1ncc(-c2c[nH]c3c2OC(N(CC)CCCC)=CC3=C)cc1O.CC. The monoisotopic (exact) mass is 641 g/mol. The minimum absolute atomic E-state index is 0.0430. The number of carbonyl (C=O) groups excluding carboxylic acids is 1. The van der Waals surface area contributed by atoms with E-state index in [1.54, 1.807) is 12.3 Å². The van der Waals surface area contributed by atoms with Crippen LogP contribution in [0.5, 0.6) is 11.5 Å². The zero-order valence-corrected chi connectivity index (χ0v) is 29.6. The van der Waals surface area contributed by atoms with Gasteiger partial charge >= 0.3 is 0 Å². The number of aromatic amines is 1. The van der Waals surface area contributed by atoms with E-state index in [9.17, 15) is 9.90 Å². The average molecular weight is 642 g/mol. The maximum atomic E-state index is 12.8. The summed E-state index contributed by atoms with van der Waals surface area (Å²) in [6.45, 7) is 24.0. The third-order valence-electron chi connectivity index (χ3n) is 8.60. The minimum atomic E-state index is -0.0430. The quantitative estimate of drug-likeness (QED) is 0.102. The number of pyridine rings is 1. The topological polar surface area (TPSA) is 103 Å². The van der Waals surface area contributed by atoms with E-state index in [4.69, 9.17) is 4.74 Å². The van der Waals surface area contributed by atoms with Crippen molar-refractivity contribution in [1.29, 1.82) is 0 Å². The van der Waals surface area contributed by atoms with E-state index < -0.39 is 0 Å². The average Bonchev–Trinajstić information content (AvgIpc) is 3.75. The summed E-state index contributed by atoms with van der Waals surface area (Å²) in [4.78, 5) is 27.4. The molecule has 0 saturated heterocycles. The molecule has 47 heavy (non-hydrogen) atoms. The van der Waals surface area contributed by atoms with Gasteiger partial charge in [-0.2, -0.15) is 0 Å². The largest absolute Gasteiger partial charge is 0.504 e. The molecule has 2 aromatic rings. The van der Waals surface area contributed by atoms with Gasteiger partial charge in [0.2, 0.25) is 0 Å². The number of nitrogens with one attached hydrogen (secondary N) is 2. The molecule has 1 saturated carbocycles. The van der Waals surface area contributed by atoms with Crippen LogP contribution in [0.3, 0.4) is 0 Å². The summed E-state index contributed by atoms with van der Waals surface area (Å²) in [6, 6.07) is 1.65. The number of aromatic hydroxyl groups is 1. The predicted molar refractivity (Wildman–Crippen MR) is 197 cm³/mol. The number of nitrogens with zero attached hydrogens (tertiary/aromatic N) is 3. The molecule has 0 atom stereocenters. The molecular weight excluding hydrogens is 586 g/mol. The van der Waals surface area contributed by atoms with Crippen LogP contribution in [0.2, 0.25) is 0 Å². The highest BCUT2D eigenvalue weighted by Crippen LogP contribution is 2.42. The molecule has 8 nitrogen and oxygen atoms in total. The summed E-state index contributed by atoms with van der Waals surface area (Å²) in [7, 11) is 0. The van der Waals surface area contributed by atoms with Gasteiger partial charge in [0.25, 0.3) is 0 Å². The van der Waals surface area contributed by atoms with Crippen LogP contribution < -0.4 is 10.1 Å². The Bertz CT molecular complexity index is 1540. The second kappa shape index (κ2) is 18.1. The summed E-state index contributed by atoms with van der Waals surface area (Å²) in [5, 5.41) is 14.0. The van der Waals surface area contributed by atoms with Crippen molar-refractivity contribution >= 4 is 22.9 Å². The van der Waals surface area contributed by atoms with Gasteiger partial charge in [0.15, 0.2) is 29.0 Å². The highest BCUT2D eigenvalue weighted by molar-refractivity contribution is 6.04. The van der Waals surface area contributed by atoms with Crippen LogP contribution >= 0.6 is 0 Å². The first-order valence-corrected chi connectivity index (χ1v) is 17.3. The number of ether oxygens (including phenoxy) is 1. The smallest absolute Gasteiger partial charge is 0.196 e. The van der Waals surface area contributed by atoms with Crippen LogP contribution in [-0.4, -0.2) is 44.6 Å². The Hall–Kier alpha value is -4.33. The van der Waals surface area contributed by atoms with Gasteiger partial charge in [-0.1, -0.05) is 79.0 Å². The summed E-state index contributed by atoms with van der Waals surface area (Å²) in [5.74, 6) is 2.73. The number of unbranched alkanes of at least 4 members (excludes halogenated alkanes) is 1. The fourth-order valence-corrected chi connectivity index (χ4v) is 5.97. The van der Waals surface area contributed by atoms with E-state index in [0.29, 0.717) is 29.5 Å². The molecule has 0 spiro atoms. The van der Waals surface area contributed by atoms with Crippen LogP contribution in [-0.2, 0) is 4.79 Å². The molecule has 8 heteroatoms. The first-order valence-electron chi connectivity index (χ1n) is 17.3. The lowest BCUT2D eigenvalue weighted by atomic mass is 9.92. The molecule has 3 heterocycles. The normalized spacial score (nSPS) is 15.3. The number of anilines is 1. The molecule has 0 aromatic carbocycles. The number of rotatable bonds is 15. The van der Waals surface area contributed by atoms with E-state index in [1.165, 1.54) is 25.7 Å². The number of hydrogen-bond acceptors (Lipinski definition) is 7. The Morgan fingerprint density at radius 1 is 1.26 bits per heavy atom. The van der Waals surface area contributed by atoms with Crippen LogP contribution in [0.15, 0.2) is 77.7 Å². The molecule has 1 aliphatic heterocycles. The van der Waals surface area contributed by atoms with E-state index >= 15 is 0 Å². The number of carbonyl (C=O) groups is 1. The number of aromatic nitrogens is 2. The summed E-state index contributed by atoms with van der Waals surface area (Å²) in [6.07, 6.45) is 17.8. The van der Waals surface area contributed by atoms with Gasteiger partial charge in [0, 0.05) is 54.8 Å². The summed E-state index contributed by atoms with van der Waals surface area (Å²) >= 11 is 0. The molecular formula is C39H55N5O3. The van der Waals surface area contributed by atoms with Crippen molar-refractivity contribution in [3.63, 3.8) is 0 Å². The lowest BCUT2D eigenvalue weighted by molar-refractivity contribution is -0.115. The minimum Gasteiger partial charge on any atom is -0.504 e. The Morgan fingerprint density at radius 2 is 1.98 bits per heavy atom. The zero-order valence-electron chi connectivity index (χ0n) is 29.6.